The number of hydrogen-bond acceptors (Lipinski definition) is 11. The summed E-state index contributed by atoms with van der Waals surface area (Å²) < 4.78 is 24.8. The van der Waals surface area contributed by atoms with Crippen LogP contribution in [0.15, 0.2) is 48.6 Å². The Labute approximate surface area is 209 Å². The van der Waals surface area contributed by atoms with E-state index < -0.39 is 61.9 Å². The summed E-state index contributed by atoms with van der Waals surface area (Å²) in [5.74, 6) is -5.65. The Balaban J connectivity index is 5.32. The minimum absolute atomic E-state index is 0.0647. The van der Waals surface area contributed by atoms with Gasteiger partial charge in [0.05, 0.1) is 0 Å². The molecule has 0 radical (unpaired) electrons. The van der Waals surface area contributed by atoms with Crippen molar-refractivity contribution in [3.8, 4) is 0 Å². The molecule has 0 heterocycles. The first-order valence-electron chi connectivity index (χ1n) is 10.7. The molecule has 198 valence electrons. The van der Waals surface area contributed by atoms with Gasteiger partial charge in [-0.15, -0.1) is 0 Å². The number of hydrogen-bond donors (Lipinski definition) is 0. The SMILES string of the molecule is C=C(C)C(=O)CCC(COC(=O)C(=C)C)OC(=O)C(=O)OC(COC(=O)C(=C)C)COC(=O)C(=C)C. The van der Waals surface area contributed by atoms with Gasteiger partial charge in [0.2, 0.25) is 0 Å². The van der Waals surface area contributed by atoms with Crippen LogP contribution >= 0.6 is 0 Å². The first-order valence-corrected chi connectivity index (χ1v) is 10.7. The van der Waals surface area contributed by atoms with Crippen LogP contribution in [-0.4, -0.2) is 67.7 Å². The van der Waals surface area contributed by atoms with Crippen molar-refractivity contribution in [1.29, 1.82) is 0 Å². The zero-order valence-corrected chi connectivity index (χ0v) is 21.0. The fourth-order valence-electron chi connectivity index (χ4n) is 2.07. The summed E-state index contributed by atoms with van der Waals surface area (Å²) in [5, 5.41) is 0. The second-order valence-electron chi connectivity index (χ2n) is 7.93. The van der Waals surface area contributed by atoms with Gasteiger partial charge in [-0.25, -0.2) is 24.0 Å². The molecule has 11 nitrogen and oxygen atoms in total. The monoisotopic (exact) mass is 508 g/mol. The smallest absolute Gasteiger partial charge is 0.418 e. The van der Waals surface area contributed by atoms with Gasteiger partial charge in [0.1, 0.15) is 25.9 Å². The van der Waals surface area contributed by atoms with Crippen molar-refractivity contribution in [3.05, 3.63) is 48.6 Å². The maximum absolute atomic E-state index is 12.3. The van der Waals surface area contributed by atoms with Gasteiger partial charge in [0.25, 0.3) is 0 Å². The zero-order chi connectivity index (χ0) is 28.0. The highest BCUT2D eigenvalue weighted by atomic mass is 16.6. The molecule has 0 bridgehead atoms. The standard InChI is InChI=1S/C25H32O11/c1-14(2)20(26)10-9-18(11-32-21(27)15(3)4)35-24(30)25(31)36-19(12-33-22(28)16(5)6)13-34-23(29)17(7)8/h18-19H,1,3,5,7,9-13H2,2,4,6,8H3. The molecule has 0 saturated carbocycles. The molecular weight excluding hydrogens is 476 g/mol. The lowest BCUT2D eigenvalue weighted by atomic mass is 10.1. The van der Waals surface area contributed by atoms with E-state index in [4.69, 9.17) is 23.7 Å². The van der Waals surface area contributed by atoms with Gasteiger partial charge in [0.15, 0.2) is 11.9 Å². The van der Waals surface area contributed by atoms with Crippen LogP contribution in [0.3, 0.4) is 0 Å². The van der Waals surface area contributed by atoms with Gasteiger partial charge < -0.3 is 23.7 Å². The van der Waals surface area contributed by atoms with Crippen molar-refractivity contribution in [2.24, 2.45) is 0 Å². The number of rotatable bonds is 15. The number of carbonyl (C=O) groups excluding carboxylic acids is 6. The Hall–Kier alpha value is -4.02. The third-order valence-electron chi connectivity index (χ3n) is 4.13. The van der Waals surface area contributed by atoms with E-state index in [9.17, 15) is 28.8 Å². The third-order valence-corrected chi connectivity index (χ3v) is 4.13. The Morgan fingerprint density at radius 3 is 1.19 bits per heavy atom. The van der Waals surface area contributed by atoms with Crippen molar-refractivity contribution in [2.45, 2.75) is 52.7 Å². The number of Topliss-reactive ketones (excluding diaryl/α,β-unsaturated/α-hetero) is 1. The molecule has 0 aromatic rings. The maximum Gasteiger partial charge on any atom is 0.418 e. The Morgan fingerprint density at radius 1 is 0.528 bits per heavy atom. The lowest BCUT2D eigenvalue weighted by Gasteiger charge is -2.20. The average molecular weight is 509 g/mol. The number of carbonyl (C=O) groups is 6. The van der Waals surface area contributed by atoms with E-state index in [2.05, 4.69) is 26.3 Å². The zero-order valence-electron chi connectivity index (χ0n) is 21.0. The van der Waals surface area contributed by atoms with Gasteiger partial charge in [-0.2, -0.15) is 0 Å². The molecule has 0 fully saturated rings. The fraction of sp³-hybridized carbons (Fsp3) is 0.440. The van der Waals surface area contributed by atoms with Gasteiger partial charge in [0, 0.05) is 23.1 Å². The van der Waals surface area contributed by atoms with Crippen LogP contribution in [0, 0.1) is 0 Å². The van der Waals surface area contributed by atoms with Crippen molar-refractivity contribution in [1.82, 2.24) is 0 Å². The van der Waals surface area contributed by atoms with Crippen molar-refractivity contribution >= 4 is 35.6 Å². The summed E-state index contributed by atoms with van der Waals surface area (Å²) in [7, 11) is 0. The molecule has 1 unspecified atom stereocenters. The molecule has 0 aliphatic carbocycles. The predicted octanol–water partition coefficient (Wildman–Crippen LogP) is 2.09. The minimum Gasteiger partial charge on any atom is -0.458 e. The van der Waals surface area contributed by atoms with E-state index in [0.29, 0.717) is 0 Å². The van der Waals surface area contributed by atoms with Crippen molar-refractivity contribution < 1.29 is 52.5 Å². The van der Waals surface area contributed by atoms with Crippen LogP contribution in [0.5, 0.6) is 0 Å². The quantitative estimate of drug-likeness (QED) is 0.138. The van der Waals surface area contributed by atoms with Crippen LogP contribution in [0.2, 0.25) is 0 Å². The second-order valence-corrected chi connectivity index (χ2v) is 7.93. The molecule has 0 aliphatic heterocycles. The first kappa shape index (κ1) is 32.0. The minimum atomic E-state index is -1.50. The molecule has 0 N–H and O–H groups in total. The first-order chi connectivity index (χ1) is 16.6. The molecular formula is C25H32O11. The van der Waals surface area contributed by atoms with Gasteiger partial charge in [-0.1, -0.05) is 26.3 Å². The van der Waals surface area contributed by atoms with Gasteiger partial charge >= 0.3 is 29.8 Å². The lowest BCUT2D eigenvalue weighted by molar-refractivity contribution is -0.181. The fourth-order valence-corrected chi connectivity index (χ4v) is 2.07. The predicted molar refractivity (Wildman–Crippen MR) is 126 cm³/mol. The van der Waals surface area contributed by atoms with E-state index >= 15 is 0 Å². The maximum atomic E-state index is 12.3. The molecule has 0 spiro atoms. The molecule has 0 rings (SSSR count). The summed E-state index contributed by atoms with van der Waals surface area (Å²) in [5.41, 5.74) is 0.494. The van der Waals surface area contributed by atoms with E-state index in [1.54, 1.807) is 0 Å². The highest BCUT2D eigenvalue weighted by molar-refractivity contribution is 6.29. The highest BCUT2D eigenvalue weighted by Gasteiger charge is 2.28. The van der Waals surface area contributed by atoms with E-state index in [-0.39, 0.29) is 40.9 Å². The second kappa shape index (κ2) is 15.8. The van der Waals surface area contributed by atoms with Crippen LogP contribution in [0.1, 0.15) is 40.5 Å². The third kappa shape index (κ3) is 13.0. The number of esters is 5. The van der Waals surface area contributed by atoms with Crippen LogP contribution in [-0.2, 0) is 52.5 Å². The number of ketones is 1. The highest BCUT2D eigenvalue weighted by Crippen LogP contribution is 2.10. The lowest BCUT2D eigenvalue weighted by Crippen LogP contribution is -2.36. The molecule has 1 atom stereocenters. The molecule has 36 heavy (non-hydrogen) atoms. The molecule has 0 amide bonds. The number of allylic oxidation sites excluding steroid dienone is 1. The summed E-state index contributed by atoms with van der Waals surface area (Å²) >= 11 is 0. The van der Waals surface area contributed by atoms with Crippen molar-refractivity contribution in [2.75, 3.05) is 19.8 Å². The Morgan fingerprint density at radius 2 is 0.861 bits per heavy atom. The summed E-state index contributed by atoms with van der Waals surface area (Å²) in [6.07, 6.45) is -2.70. The van der Waals surface area contributed by atoms with Crippen molar-refractivity contribution in [3.63, 3.8) is 0 Å². The molecule has 0 aromatic heterocycles. The summed E-state index contributed by atoms with van der Waals surface area (Å²) in [6, 6.07) is 0. The molecule has 0 aliphatic rings. The van der Waals surface area contributed by atoms with E-state index in [0.717, 1.165) is 0 Å². The van der Waals surface area contributed by atoms with Crippen LogP contribution in [0.25, 0.3) is 0 Å². The van der Waals surface area contributed by atoms with E-state index in [1.807, 2.05) is 0 Å². The summed E-state index contributed by atoms with van der Waals surface area (Å²) in [6.45, 7) is 17.9. The summed E-state index contributed by atoms with van der Waals surface area (Å²) in [4.78, 5) is 71.5. The normalized spacial score (nSPS) is 10.9. The van der Waals surface area contributed by atoms with Gasteiger partial charge in [-0.05, 0) is 39.7 Å². The van der Waals surface area contributed by atoms with Crippen LogP contribution < -0.4 is 0 Å². The largest absolute Gasteiger partial charge is 0.458 e. The van der Waals surface area contributed by atoms with Crippen LogP contribution in [0.4, 0.5) is 0 Å². The molecule has 0 aromatic carbocycles. The molecule has 11 heteroatoms. The Kier molecular flexibility index (Phi) is 14.0. The Bertz CT molecular complexity index is 806. The number of ether oxygens (including phenoxy) is 5. The van der Waals surface area contributed by atoms with Gasteiger partial charge in [-0.3, -0.25) is 4.79 Å². The van der Waals surface area contributed by atoms with E-state index in [1.165, 1.54) is 27.7 Å². The average Bonchev–Trinajstić information content (AvgIpc) is 2.80. The topological polar surface area (TPSA) is 149 Å². The molecule has 0 saturated heterocycles.